The molecule has 0 heterocycles. The van der Waals surface area contributed by atoms with Crippen molar-refractivity contribution < 1.29 is 4.43 Å². The number of nitrogens with two attached hydrogens (primary N) is 1. The van der Waals surface area contributed by atoms with Crippen molar-refractivity contribution >= 4 is 8.32 Å². The van der Waals surface area contributed by atoms with Gasteiger partial charge in [0.2, 0.25) is 0 Å². The molecule has 2 nitrogen and oxygen atoms in total. The van der Waals surface area contributed by atoms with Crippen LogP contribution in [0.3, 0.4) is 0 Å². The summed E-state index contributed by atoms with van der Waals surface area (Å²) in [6.45, 7) is 15.7. The number of hydrogen-bond acceptors (Lipinski definition) is 2. The summed E-state index contributed by atoms with van der Waals surface area (Å²) in [4.78, 5) is 0. The topological polar surface area (TPSA) is 35.2 Å². The van der Waals surface area contributed by atoms with Crippen LogP contribution in [-0.2, 0) is 4.43 Å². The molecule has 0 fully saturated rings. The van der Waals surface area contributed by atoms with Gasteiger partial charge in [-0.1, -0.05) is 34.6 Å². The highest BCUT2D eigenvalue weighted by molar-refractivity contribution is 6.74. The molecular formula is C12H29NOSi. The molecule has 0 aromatic carbocycles. The van der Waals surface area contributed by atoms with Crippen molar-refractivity contribution in [2.75, 3.05) is 0 Å². The van der Waals surface area contributed by atoms with Gasteiger partial charge in [-0.05, 0) is 31.0 Å². The lowest BCUT2D eigenvalue weighted by molar-refractivity contribution is 0.146. The van der Waals surface area contributed by atoms with E-state index >= 15 is 0 Å². The van der Waals surface area contributed by atoms with Crippen LogP contribution in [0.15, 0.2) is 0 Å². The summed E-state index contributed by atoms with van der Waals surface area (Å²) in [5, 5.41) is 0.272. The first-order chi connectivity index (χ1) is 6.65. The molecule has 0 spiro atoms. The van der Waals surface area contributed by atoms with Crippen molar-refractivity contribution in [1.82, 2.24) is 0 Å². The van der Waals surface area contributed by atoms with Crippen molar-refractivity contribution in [2.45, 2.75) is 77.7 Å². The lowest BCUT2D eigenvalue weighted by atomic mass is 10.1. The summed E-state index contributed by atoms with van der Waals surface area (Å²) < 4.78 is 6.32. The summed E-state index contributed by atoms with van der Waals surface area (Å²) >= 11 is 0. The fourth-order valence-electron chi connectivity index (χ4n) is 1.29. The Kier molecular flexibility index (Phi) is 5.51. The van der Waals surface area contributed by atoms with Crippen molar-refractivity contribution in [3.8, 4) is 0 Å². The van der Waals surface area contributed by atoms with Gasteiger partial charge in [0, 0.05) is 6.04 Å². The van der Waals surface area contributed by atoms with E-state index in [0.29, 0.717) is 0 Å². The van der Waals surface area contributed by atoms with Gasteiger partial charge in [-0.3, -0.25) is 0 Å². The Balaban J connectivity index is 4.54. The number of rotatable bonds is 5. The van der Waals surface area contributed by atoms with Crippen molar-refractivity contribution in [2.24, 2.45) is 5.73 Å². The second-order valence-corrected chi connectivity index (χ2v) is 10.7. The molecule has 2 N–H and O–H groups in total. The lowest BCUT2D eigenvalue weighted by Crippen LogP contribution is -2.48. The molecule has 0 radical (unpaired) electrons. The monoisotopic (exact) mass is 231 g/mol. The molecule has 0 saturated heterocycles. The molecule has 0 saturated carbocycles. The highest BCUT2D eigenvalue weighted by Gasteiger charge is 2.39. The van der Waals surface area contributed by atoms with Crippen molar-refractivity contribution in [3.63, 3.8) is 0 Å². The summed E-state index contributed by atoms with van der Waals surface area (Å²) in [6, 6.07) is 0.184. The van der Waals surface area contributed by atoms with Crippen LogP contribution in [0.5, 0.6) is 0 Å². The van der Waals surface area contributed by atoms with Crippen LogP contribution < -0.4 is 5.73 Å². The Morgan fingerprint density at radius 3 is 1.87 bits per heavy atom. The Morgan fingerprint density at radius 1 is 1.13 bits per heavy atom. The third kappa shape index (κ3) is 4.25. The van der Waals surface area contributed by atoms with E-state index in [9.17, 15) is 0 Å². The molecule has 3 heteroatoms. The van der Waals surface area contributed by atoms with Gasteiger partial charge in [0.1, 0.15) is 0 Å². The molecule has 0 aliphatic carbocycles. The van der Waals surface area contributed by atoms with Gasteiger partial charge in [-0.15, -0.1) is 0 Å². The average molecular weight is 231 g/mol. The van der Waals surface area contributed by atoms with Crippen LogP contribution in [-0.4, -0.2) is 20.5 Å². The minimum Gasteiger partial charge on any atom is -0.412 e. The SMILES string of the molecule is CC[C@@H](N)[C@@H](CC)O[Si](C)(C)C(C)(C)C. The first kappa shape index (κ1) is 15.1. The zero-order chi connectivity index (χ0) is 12.3. The first-order valence-electron chi connectivity index (χ1n) is 6.09. The first-order valence-corrected chi connectivity index (χ1v) is 9.00. The van der Waals surface area contributed by atoms with Crippen LogP contribution >= 0.6 is 0 Å². The van der Waals surface area contributed by atoms with Gasteiger partial charge in [-0.25, -0.2) is 0 Å². The van der Waals surface area contributed by atoms with E-state index in [1.54, 1.807) is 0 Å². The smallest absolute Gasteiger partial charge is 0.192 e. The fraction of sp³-hybridized carbons (Fsp3) is 1.00. The van der Waals surface area contributed by atoms with E-state index in [1.165, 1.54) is 0 Å². The summed E-state index contributed by atoms with van der Waals surface area (Å²) in [7, 11) is -1.65. The lowest BCUT2D eigenvalue weighted by Gasteiger charge is -2.40. The van der Waals surface area contributed by atoms with Crippen LogP contribution in [0.2, 0.25) is 18.1 Å². The minimum atomic E-state index is -1.65. The third-order valence-electron chi connectivity index (χ3n) is 3.60. The zero-order valence-corrected chi connectivity index (χ0v) is 12.6. The molecule has 0 aliphatic rings. The molecule has 0 rings (SSSR count). The fourth-order valence-corrected chi connectivity index (χ4v) is 2.74. The van der Waals surface area contributed by atoms with Crippen LogP contribution in [0.4, 0.5) is 0 Å². The molecule has 2 atom stereocenters. The van der Waals surface area contributed by atoms with Gasteiger partial charge in [0.25, 0.3) is 0 Å². The molecule has 0 amide bonds. The molecule has 92 valence electrons. The Morgan fingerprint density at radius 2 is 1.60 bits per heavy atom. The Hall–Kier alpha value is 0.137. The highest BCUT2D eigenvalue weighted by Crippen LogP contribution is 2.37. The summed E-state index contributed by atoms with van der Waals surface area (Å²) in [6.07, 6.45) is 2.24. The normalized spacial score (nSPS) is 17.6. The predicted octanol–water partition coefficient (Wildman–Crippen LogP) is 3.52. The van der Waals surface area contributed by atoms with Crippen molar-refractivity contribution in [1.29, 1.82) is 0 Å². The van der Waals surface area contributed by atoms with E-state index in [0.717, 1.165) is 12.8 Å². The molecule has 0 aliphatic heterocycles. The third-order valence-corrected chi connectivity index (χ3v) is 8.11. The molecular weight excluding hydrogens is 202 g/mol. The second-order valence-electron chi connectivity index (χ2n) is 5.90. The van der Waals surface area contributed by atoms with Crippen molar-refractivity contribution in [3.05, 3.63) is 0 Å². The summed E-state index contributed by atoms with van der Waals surface area (Å²) in [5.41, 5.74) is 6.08. The Bertz CT molecular complexity index is 187. The second kappa shape index (κ2) is 5.46. The molecule has 0 unspecified atom stereocenters. The van der Waals surface area contributed by atoms with Gasteiger partial charge in [0.15, 0.2) is 8.32 Å². The maximum Gasteiger partial charge on any atom is 0.192 e. The van der Waals surface area contributed by atoms with Crippen LogP contribution in [0.1, 0.15) is 47.5 Å². The van der Waals surface area contributed by atoms with Crippen LogP contribution in [0, 0.1) is 0 Å². The molecule has 0 bridgehead atoms. The average Bonchev–Trinajstić information content (AvgIpc) is 2.11. The quantitative estimate of drug-likeness (QED) is 0.735. The summed E-state index contributed by atoms with van der Waals surface area (Å²) in [5.74, 6) is 0. The molecule has 15 heavy (non-hydrogen) atoms. The Labute approximate surface area is 96.7 Å². The molecule has 0 aromatic rings. The van der Waals surface area contributed by atoms with Gasteiger partial charge >= 0.3 is 0 Å². The van der Waals surface area contributed by atoms with Gasteiger partial charge in [-0.2, -0.15) is 0 Å². The largest absolute Gasteiger partial charge is 0.412 e. The van der Waals surface area contributed by atoms with Gasteiger partial charge < -0.3 is 10.2 Å². The standard InChI is InChI=1S/C12H29NOSi/c1-8-10(13)11(9-2)14-15(6,7)12(3,4)5/h10-11H,8-9,13H2,1-7H3/t10-,11-/m1/s1. The van der Waals surface area contributed by atoms with E-state index in [-0.39, 0.29) is 17.2 Å². The van der Waals surface area contributed by atoms with E-state index < -0.39 is 8.32 Å². The van der Waals surface area contributed by atoms with E-state index in [2.05, 4.69) is 47.7 Å². The van der Waals surface area contributed by atoms with E-state index in [1.807, 2.05) is 0 Å². The predicted molar refractivity (Wildman–Crippen MR) is 70.6 cm³/mol. The highest BCUT2D eigenvalue weighted by atomic mass is 28.4. The van der Waals surface area contributed by atoms with E-state index in [4.69, 9.17) is 10.2 Å². The number of hydrogen-bond donors (Lipinski definition) is 1. The van der Waals surface area contributed by atoms with Gasteiger partial charge in [0.05, 0.1) is 6.10 Å². The zero-order valence-electron chi connectivity index (χ0n) is 11.6. The molecule has 0 aromatic heterocycles. The van der Waals surface area contributed by atoms with Crippen LogP contribution in [0.25, 0.3) is 0 Å². The minimum absolute atomic E-state index is 0.184. The maximum atomic E-state index is 6.32. The maximum absolute atomic E-state index is 6.32.